The Hall–Kier alpha value is -2.23. The molecule has 0 saturated carbocycles. The maximum Gasteiger partial charge on any atom is 0.291 e. The van der Waals surface area contributed by atoms with Gasteiger partial charge >= 0.3 is 0 Å². The molecule has 82 valence electrons. The van der Waals surface area contributed by atoms with Crippen LogP contribution in [0.4, 0.5) is 11.4 Å². The number of aryl methyl sites for hydroxylation is 1. The van der Waals surface area contributed by atoms with Gasteiger partial charge in [-0.3, -0.25) is 4.79 Å². The second kappa shape index (κ2) is 4.10. The van der Waals surface area contributed by atoms with Crippen molar-refractivity contribution >= 4 is 17.3 Å². The zero-order valence-corrected chi connectivity index (χ0v) is 8.86. The monoisotopic (exact) mass is 216 g/mol. The summed E-state index contributed by atoms with van der Waals surface area (Å²) in [5.74, 6) is 0.000486. The number of carbonyl (C=O) groups is 1. The lowest BCUT2D eigenvalue weighted by atomic mass is 10.2. The van der Waals surface area contributed by atoms with Gasteiger partial charge in [0.25, 0.3) is 5.91 Å². The van der Waals surface area contributed by atoms with Crippen molar-refractivity contribution in [1.29, 1.82) is 0 Å². The summed E-state index contributed by atoms with van der Waals surface area (Å²) in [5.41, 5.74) is 7.91. The van der Waals surface area contributed by atoms with Gasteiger partial charge in [0.2, 0.25) is 0 Å². The Morgan fingerprint density at radius 1 is 1.38 bits per heavy atom. The standard InChI is InChI=1S/C12H12N2O2/c1-8-4-5-9(13)7-10(8)14-12(15)11-3-2-6-16-11/h2-7H,13H2,1H3,(H,14,15). The maximum atomic E-state index is 11.7. The molecule has 0 atom stereocenters. The average molecular weight is 216 g/mol. The van der Waals surface area contributed by atoms with Crippen LogP contribution < -0.4 is 11.1 Å². The molecule has 0 unspecified atom stereocenters. The van der Waals surface area contributed by atoms with Gasteiger partial charge in [-0.15, -0.1) is 0 Å². The van der Waals surface area contributed by atoms with Gasteiger partial charge in [-0.25, -0.2) is 0 Å². The molecule has 2 rings (SSSR count). The zero-order chi connectivity index (χ0) is 11.5. The molecular weight excluding hydrogens is 204 g/mol. The van der Waals surface area contributed by atoms with Gasteiger partial charge in [-0.1, -0.05) is 6.07 Å². The Morgan fingerprint density at radius 2 is 2.19 bits per heavy atom. The van der Waals surface area contributed by atoms with Gasteiger partial charge < -0.3 is 15.5 Å². The highest BCUT2D eigenvalue weighted by Crippen LogP contribution is 2.18. The van der Waals surface area contributed by atoms with Crippen molar-refractivity contribution < 1.29 is 9.21 Å². The normalized spacial score (nSPS) is 10.1. The number of carbonyl (C=O) groups excluding carboxylic acids is 1. The fourth-order valence-corrected chi connectivity index (χ4v) is 1.37. The number of furan rings is 1. The van der Waals surface area contributed by atoms with E-state index in [0.29, 0.717) is 11.4 Å². The molecular formula is C12H12N2O2. The lowest BCUT2D eigenvalue weighted by molar-refractivity contribution is 0.0996. The Bertz CT molecular complexity index is 504. The van der Waals surface area contributed by atoms with E-state index in [1.54, 1.807) is 24.3 Å². The molecule has 1 aromatic carbocycles. The minimum Gasteiger partial charge on any atom is -0.459 e. The van der Waals surface area contributed by atoms with Crippen molar-refractivity contribution in [3.8, 4) is 0 Å². The summed E-state index contributed by atoms with van der Waals surface area (Å²) in [7, 11) is 0. The smallest absolute Gasteiger partial charge is 0.291 e. The topological polar surface area (TPSA) is 68.3 Å². The van der Waals surface area contributed by atoms with Crippen LogP contribution in [0.15, 0.2) is 41.0 Å². The number of hydrogen-bond donors (Lipinski definition) is 2. The summed E-state index contributed by atoms with van der Waals surface area (Å²) in [6.07, 6.45) is 1.46. The van der Waals surface area contributed by atoms with Gasteiger partial charge in [0.15, 0.2) is 5.76 Å². The summed E-state index contributed by atoms with van der Waals surface area (Å²) >= 11 is 0. The van der Waals surface area contributed by atoms with Crippen LogP contribution in [0.2, 0.25) is 0 Å². The molecule has 0 aliphatic heterocycles. The molecule has 0 saturated heterocycles. The first-order valence-electron chi connectivity index (χ1n) is 4.88. The van der Waals surface area contributed by atoms with Crippen LogP contribution in [-0.4, -0.2) is 5.91 Å². The van der Waals surface area contributed by atoms with Crippen LogP contribution in [0.25, 0.3) is 0 Å². The van der Waals surface area contributed by atoms with E-state index in [9.17, 15) is 4.79 Å². The number of rotatable bonds is 2. The van der Waals surface area contributed by atoms with E-state index >= 15 is 0 Å². The van der Waals surface area contributed by atoms with Crippen molar-refractivity contribution in [2.45, 2.75) is 6.92 Å². The van der Waals surface area contributed by atoms with Crippen LogP contribution in [0.5, 0.6) is 0 Å². The first kappa shape index (κ1) is 10.3. The molecule has 1 heterocycles. The molecule has 4 nitrogen and oxygen atoms in total. The molecule has 0 aliphatic rings. The Labute approximate surface area is 93.1 Å². The summed E-state index contributed by atoms with van der Waals surface area (Å²) in [4.78, 5) is 11.7. The quantitative estimate of drug-likeness (QED) is 0.757. The summed E-state index contributed by atoms with van der Waals surface area (Å²) < 4.78 is 4.99. The van der Waals surface area contributed by atoms with Crippen molar-refractivity contribution in [2.75, 3.05) is 11.1 Å². The van der Waals surface area contributed by atoms with Crippen molar-refractivity contribution in [1.82, 2.24) is 0 Å². The summed E-state index contributed by atoms with van der Waals surface area (Å²) in [6, 6.07) is 8.64. The van der Waals surface area contributed by atoms with Crippen LogP contribution >= 0.6 is 0 Å². The third-order valence-electron chi connectivity index (χ3n) is 2.25. The van der Waals surface area contributed by atoms with Crippen molar-refractivity contribution in [3.63, 3.8) is 0 Å². The van der Waals surface area contributed by atoms with E-state index < -0.39 is 0 Å². The Kier molecular flexibility index (Phi) is 2.64. The van der Waals surface area contributed by atoms with Gasteiger partial charge in [0, 0.05) is 11.4 Å². The highest BCUT2D eigenvalue weighted by Gasteiger charge is 2.09. The summed E-state index contributed by atoms with van der Waals surface area (Å²) in [6.45, 7) is 1.90. The maximum absolute atomic E-state index is 11.7. The minimum atomic E-state index is -0.279. The second-order valence-electron chi connectivity index (χ2n) is 3.51. The predicted molar refractivity (Wildman–Crippen MR) is 62.3 cm³/mol. The lowest BCUT2D eigenvalue weighted by Crippen LogP contribution is -2.12. The van der Waals surface area contributed by atoms with Crippen molar-refractivity contribution in [2.24, 2.45) is 0 Å². The molecule has 3 N–H and O–H groups in total. The minimum absolute atomic E-state index is 0.279. The van der Waals surface area contributed by atoms with E-state index in [2.05, 4.69) is 5.32 Å². The van der Waals surface area contributed by atoms with Gasteiger partial charge in [-0.2, -0.15) is 0 Å². The molecule has 0 bridgehead atoms. The van der Waals surface area contributed by atoms with E-state index in [1.807, 2.05) is 13.0 Å². The van der Waals surface area contributed by atoms with Gasteiger partial charge in [0.05, 0.1) is 6.26 Å². The number of nitrogens with two attached hydrogens (primary N) is 1. The van der Waals surface area contributed by atoms with Crippen LogP contribution in [0, 0.1) is 6.92 Å². The first-order valence-corrected chi connectivity index (χ1v) is 4.88. The molecule has 4 heteroatoms. The second-order valence-corrected chi connectivity index (χ2v) is 3.51. The van der Waals surface area contributed by atoms with E-state index in [4.69, 9.17) is 10.2 Å². The van der Waals surface area contributed by atoms with Crippen LogP contribution in [0.3, 0.4) is 0 Å². The highest BCUT2D eigenvalue weighted by molar-refractivity contribution is 6.02. The number of hydrogen-bond acceptors (Lipinski definition) is 3. The van der Waals surface area contributed by atoms with E-state index in [-0.39, 0.29) is 11.7 Å². The lowest BCUT2D eigenvalue weighted by Gasteiger charge is -2.07. The highest BCUT2D eigenvalue weighted by atomic mass is 16.3. The van der Waals surface area contributed by atoms with E-state index in [0.717, 1.165) is 5.56 Å². The zero-order valence-electron chi connectivity index (χ0n) is 8.86. The Balaban J connectivity index is 2.21. The van der Waals surface area contributed by atoms with Crippen LogP contribution in [-0.2, 0) is 0 Å². The largest absolute Gasteiger partial charge is 0.459 e. The molecule has 1 amide bonds. The molecule has 0 spiro atoms. The number of amides is 1. The fraction of sp³-hybridized carbons (Fsp3) is 0.0833. The summed E-state index contributed by atoms with van der Waals surface area (Å²) in [5, 5.41) is 2.74. The average Bonchev–Trinajstić information content (AvgIpc) is 2.76. The molecule has 2 aromatic rings. The fourth-order valence-electron chi connectivity index (χ4n) is 1.37. The first-order chi connectivity index (χ1) is 7.66. The Morgan fingerprint density at radius 3 is 2.88 bits per heavy atom. The van der Waals surface area contributed by atoms with Gasteiger partial charge in [0.1, 0.15) is 0 Å². The third kappa shape index (κ3) is 2.06. The molecule has 16 heavy (non-hydrogen) atoms. The number of benzene rings is 1. The van der Waals surface area contributed by atoms with Crippen molar-refractivity contribution in [3.05, 3.63) is 47.9 Å². The van der Waals surface area contributed by atoms with Gasteiger partial charge in [-0.05, 0) is 36.8 Å². The molecule has 1 aromatic heterocycles. The number of nitrogen functional groups attached to an aromatic ring is 1. The molecule has 0 fully saturated rings. The molecule has 0 radical (unpaired) electrons. The number of anilines is 2. The van der Waals surface area contributed by atoms with E-state index in [1.165, 1.54) is 6.26 Å². The number of nitrogens with one attached hydrogen (secondary N) is 1. The van der Waals surface area contributed by atoms with Crippen LogP contribution in [0.1, 0.15) is 16.1 Å². The predicted octanol–water partition coefficient (Wildman–Crippen LogP) is 2.42. The molecule has 0 aliphatic carbocycles. The SMILES string of the molecule is Cc1ccc(N)cc1NC(=O)c1ccco1. The third-order valence-corrected chi connectivity index (χ3v) is 2.25.